The molecule has 0 saturated heterocycles. The minimum absolute atomic E-state index is 0.160. The summed E-state index contributed by atoms with van der Waals surface area (Å²) in [5.74, 6) is 1.28. The van der Waals surface area contributed by atoms with Crippen molar-refractivity contribution < 1.29 is 9.84 Å². The van der Waals surface area contributed by atoms with E-state index in [2.05, 4.69) is 27.7 Å². The van der Waals surface area contributed by atoms with Crippen LogP contribution >= 0.6 is 0 Å². The average molecular weight is 216 g/mol. The third-order valence-electron chi connectivity index (χ3n) is 3.49. The molecule has 0 radical (unpaired) electrons. The van der Waals surface area contributed by atoms with E-state index in [0.717, 1.165) is 25.4 Å². The Hall–Kier alpha value is -0.0800. The number of aliphatic hydroxyl groups is 1. The molecule has 0 aromatic heterocycles. The largest absolute Gasteiger partial charge is 0.396 e. The van der Waals surface area contributed by atoms with Gasteiger partial charge in [-0.3, -0.25) is 0 Å². The molecule has 0 saturated carbocycles. The van der Waals surface area contributed by atoms with Crippen LogP contribution in [-0.2, 0) is 4.74 Å². The molecule has 0 aliphatic rings. The Kier molecular flexibility index (Phi) is 7.20. The third kappa shape index (κ3) is 4.98. The van der Waals surface area contributed by atoms with E-state index in [9.17, 15) is 5.11 Å². The third-order valence-corrected chi connectivity index (χ3v) is 3.49. The van der Waals surface area contributed by atoms with Crippen molar-refractivity contribution in [2.75, 3.05) is 20.3 Å². The molecular weight excluding hydrogens is 188 g/mol. The maximum Gasteiger partial charge on any atom is 0.0521 e. The number of hydrogen-bond donors (Lipinski definition) is 1. The van der Waals surface area contributed by atoms with E-state index < -0.39 is 0 Å². The normalized spacial score (nSPS) is 16.0. The first-order valence-electron chi connectivity index (χ1n) is 6.08. The van der Waals surface area contributed by atoms with E-state index in [1.807, 2.05) is 0 Å². The molecule has 0 amide bonds. The minimum atomic E-state index is 0.160. The monoisotopic (exact) mass is 216 g/mol. The van der Waals surface area contributed by atoms with Gasteiger partial charge in [-0.25, -0.2) is 0 Å². The van der Waals surface area contributed by atoms with Crippen LogP contribution in [0, 0.1) is 17.3 Å². The van der Waals surface area contributed by atoms with Crippen LogP contribution in [0.15, 0.2) is 0 Å². The Morgan fingerprint density at radius 1 is 1.13 bits per heavy atom. The lowest BCUT2D eigenvalue weighted by molar-refractivity contribution is 0.0114. The Balaban J connectivity index is 4.46. The fourth-order valence-corrected chi connectivity index (χ4v) is 2.10. The molecule has 0 rings (SSSR count). The molecule has 92 valence electrons. The summed E-state index contributed by atoms with van der Waals surface area (Å²) >= 11 is 0. The van der Waals surface area contributed by atoms with Gasteiger partial charge in [0.05, 0.1) is 6.61 Å². The molecule has 0 aromatic rings. The van der Waals surface area contributed by atoms with Crippen LogP contribution in [0.3, 0.4) is 0 Å². The van der Waals surface area contributed by atoms with Crippen molar-refractivity contribution in [2.45, 2.75) is 47.0 Å². The Bertz CT molecular complexity index is 147. The Morgan fingerprint density at radius 2 is 1.73 bits per heavy atom. The van der Waals surface area contributed by atoms with Gasteiger partial charge in [-0.15, -0.1) is 0 Å². The molecule has 0 aromatic carbocycles. The number of methoxy groups -OCH3 is 1. The zero-order chi connectivity index (χ0) is 11.9. The first-order valence-corrected chi connectivity index (χ1v) is 6.08. The zero-order valence-electron chi connectivity index (χ0n) is 11.0. The molecule has 2 nitrogen and oxygen atoms in total. The lowest BCUT2D eigenvalue weighted by atomic mass is 9.71. The maximum atomic E-state index is 9.19. The molecule has 0 spiro atoms. The van der Waals surface area contributed by atoms with Crippen molar-refractivity contribution in [1.29, 1.82) is 0 Å². The van der Waals surface area contributed by atoms with E-state index in [-0.39, 0.29) is 12.0 Å². The van der Waals surface area contributed by atoms with Crippen LogP contribution in [0.5, 0.6) is 0 Å². The van der Waals surface area contributed by atoms with Gasteiger partial charge >= 0.3 is 0 Å². The summed E-state index contributed by atoms with van der Waals surface area (Å²) in [5, 5.41) is 9.19. The van der Waals surface area contributed by atoms with E-state index in [4.69, 9.17) is 4.74 Å². The summed E-state index contributed by atoms with van der Waals surface area (Å²) in [7, 11) is 1.75. The van der Waals surface area contributed by atoms with Gasteiger partial charge in [-0.05, 0) is 30.1 Å². The average Bonchev–Trinajstić information content (AvgIpc) is 2.14. The zero-order valence-corrected chi connectivity index (χ0v) is 11.0. The predicted molar refractivity (Wildman–Crippen MR) is 64.9 cm³/mol. The molecule has 0 bridgehead atoms. The Labute approximate surface area is 95.0 Å². The topological polar surface area (TPSA) is 29.5 Å². The first-order chi connectivity index (χ1) is 6.98. The van der Waals surface area contributed by atoms with Crippen molar-refractivity contribution in [3.8, 4) is 0 Å². The SMILES string of the molecule is COCC(CCO)(CCC(C)C)C(C)C. The second-order valence-electron chi connectivity index (χ2n) is 5.36. The molecule has 2 heteroatoms. The second kappa shape index (κ2) is 7.24. The standard InChI is InChI=1S/C13H28O2/c1-11(2)6-7-13(8-9-14,10-15-5)12(3)4/h11-12,14H,6-10H2,1-5H3. The van der Waals surface area contributed by atoms with Crippen LogP contribution < -0.4 is 0 Å². The lowest BCUT2D eigenvalue weighted by Crippen LogP contribution is -2.34. The van der Waals surface area contributed by atoms with Gasteiger partial charge in [0, 0.05) is 13.7 Å². The maximum absolute atomic E-state index is 9.19. The van der Waals surface area contributed by atoms with E-state index in [1.54, 1.807) is 7.11 Å². The lowest BCUT2D eigenvalue weighted by Gasteiger charge is -2.37. The van der Waals surface area contributed by atoms with Crippen molar-refractivity contribution in [2.24, 2.45) is 17.3 Å². The van der Waals surface area contributed by atoms with Crippen LogP contribution in [-0.4, -0.2) is 25.4 Å². The summed E-state index contributed by atoms with van der Waals surface area (Å²) < 4.78 is 5.34. The molecule has 15 heavy (non-hydrogen) atoms. The number of ether oxygens (including phenoxy) is 1. The van der Waals surface area contributed by atoms with Gasteiger partial charge in [-0.1, -0.05) is 34.1 Å². The molecule has 1 atom stereocenters. The van der Waals surface area contributed by atoms with Gasteiger partial charge in [-0.2, -0.15) is 0 Å². The highest BCUT2D eigenvalue weighted by Gasteiger charge is 2.32. The van der Waals surface area contributed by atoms with Gasteiger partial charge in [0.1, 0.15) is 0 Å². The van der Waals surface area contributed by atoms with Crippen LogP contribution in [0.25, 0.3) is 0 Å². The van der Waals surface area contributed by atoms with Crippen LogP contribution in [0.2, 0.25) is 0 Å². The molecule has 1 unspecified atom stereocenters. The van der Waals surface area contributed by atoms with Crippen molar-refractivity contribution in [3.63, 3.8) is 0 Å². The number of aliphatic hydroxyl groups excluding tert-OH is 1. The highest BCUT2D eigenvalue weighted by molar-refractivity contribution is 4.82. The number of rotatable bonds is 8. The van der Waals surface area contributed by atoms with Gasteiger partial charge in [0.15, 0.2) is 0 Å². The van der Waals surface area contributed by atoms with Crippen molar-refractivity contribution in [3.05, 3.63) is 0 Å². The molecule has 0 fully saturated rings. The molecule has 1 N–H and O–H groups in total. The van der Waals surface area contributed by atoms with E-state index in [0.29, 0.717) is 5.92 Å². The summed E-state index contributed by atoms with van der Waals surface area (Å²) in [6.07, 6.45) is 3.21. The quantitative estimate of drug-likeness (QED) is 0.675. The highest BCUT2D eigenvalue weighted by Crippen LogP contribution is 2.37. The molecular formula is C13H28O2. The van der Waals surface area contributed by atoms with Crippen molar-refractivity contribution >= 4 is 0 Å². The van der Waals surface area contributed by atoms with Gasteiger partial charge in [0.25, 0.3) is 0 Å². The fourth-order valence-electron chi connectivity index (χ4n) is 2.10. The second-order valence-corrected chi connectivity index (χ2v) is 5.36. The predicted octanol–water partition coefficient (Wildman–Crippen LogP) is 3.09. The summed E-state index contributed by atoms with van der Waals surface area (Å²) in [4.78, 5) is 0. The molecule has 0 aliphatic heterocycles. The smallest absolute Gasteiger partial charge is 0.0521 e. The molecule has 0 heterocycles. The summed E-state index contributed by atoms with van der Waals surface area (Å²) in [5.41, 5.74) is 0.160. The number of hydrogen-bond acceptors (Lipinski definition) is 2. The van der Waals surface area contributed by atoms with E-state index in [1.165, 1.54) is 6.42 Å². The van der Waals surface area contributed by atoms with Crippen LogP contribution in [0.1, 0.15) is 47.0 Å². The van der Waals surface area contributed by atoms with Crippen LogP contribution in [0.4, 0.5) is 0 Å². The molecule has 0 aliphatic carbocycles. The fraction of sp³-hybridized carbons (Fsp3) is 1.00. The van der Waals surface area contributed by atoms with E-state index >= 15 is 0 Å². The minimum Gasteiger partial charge on any atom is -0.396 e. The summed E-state index contributed by atoms with van der Waals surface area (Å²) in [6.45, 7) is 9.98. The Morgan fingerprint density at radius 3 is 2.07 bits per heavy atom. The first kappa shape index (κ1) is 14.9. The summed E-state index contributed by atoms with van der Waals surface area (Å²) in [6, 6.07) is 0. The highest BCUT2D eigenvalue weighted by atomic mass is 16.5. The van der Waals surface area contributed by atoms with Gasteiger partial charge < -0.3 is 9.84 Å². The van der Waals surface area contributed by atoms with Crippen molar-refractivity contribution in [1.82, 2.24) is 0 Å². The van der Waals surface area contributed by atoms with Gasteiger partial charge in [0.2, 0.25) is 0 Å².